The van der Waals surface area contributed by atoms with Crippen LogP contribution in [0.1, 0.15) is 24.1 Å². The Kier molecular flexibility index (Phi) is 5.65. The molecule has 156 valence electrons. The molecule has 1 aliphatic carbocycles. The Labute approximate surface area is 169 Å². The van der Waals surface area contributed by atoms with E-state index in [9.17, 15) is 8.78 Å². The number of nitrogens with two attached hydrogens (primary N) is 1. The molecule has 0 spiro atoms. The summed E-state index contributed by atoms with van der Waals surface area (Å²) in [5, 5.41) is 0. The van der Waals surface area contributed by atoms with E-state index in [0.29, 0.717) is 29.0 Å². The van der Waals surface area contributed by atoms with Gasteiger partial charge in [-0.15, -0.1) is 0 Å². The summed E-state index contributed by atoms with van der Waals surface area (Å²) in [4.78, 5) is 11.1. The number of nitrogen functional groups attached to an aromatic ring is 1. The second kappa shape index (κ2) is 8.20. The number of anilines is 1. The Balaban J connectivity index is 1.56. The van der Waals surface area contributed by atoms with Gasteiger partial charge >= 0.3 is 6.61 Å². The summed E-state index contributed by atoms with van der Waals surface area (Å²) in [6, 6.07) is 5.72. The fourth-order valence-corrected chi connectivity index (χ4v) is 4.43. The Morgan fingerprint density at radius 1 is 1.24 bits per heavy atom. The van der Waals surface area contributed by atoms with Crippen molar-refractivity contribution in [3.8, 4) is 17.0 Å². The molecule has 0 bridgehead atoms. The number of aromatic nitrogens is 2. The number of rotatable bonds is 8. The molecular weight excluding hydrogens is 378 g/mol. The predicted molar refractivity (Wildman–Crippen MR) is 106 cm³/mol. The second-order valence-corrected chi connectivity index (χ2v) is 7.72. The van der Waals surface area contributed by atoms with Gasteiger partial charge in [-0.2, -0.15) is 8.78 Å². The summed E-state index contributed by atoms with van der Waals surface area (Å²) in [6.45, 7) is 3.02. The zero-order valence-corrected chi connectivity index (χ0v) is 16.6. The number of alkyl halides is 2. The van der Waals surface area contributed by atoms with Crippen LogP contribution in [0, 0.1) is 11.8 Å². The molecule has 0 radical (unpaired) electrons. The van der Waals surface area contributed by atoms with Crippen molar-refractivity contribution in [2.75, 3.05) is 39.1 Å². The number of fused-ring (bicyclic) bond motifs is 1. The molecule has 2 aromatic heterocycles. The number of methoxy groups -OCH3 is 1. The number of likely N-dealkylation sites (tertiary alicyclic amines) is 1. The quantitative estimate of drug-likeness (QED) is 0.729. The Bertz CT molecular complexity index is 868. The van der Waals surface area contributed by atoms with Gasteiger partial charge in [0.05, 0.1) is 12.3 Å². The smallest absolute Gasteiger partial charge is 0.387 e. The molecule has 8 heteroatoms. The summed E-state index contributed by atoms with van der Waals surface area (Å²) >= 11 is 0. The molecule has 0 aromatic carbocycles. The predicted octanol–water partition coefficient (Wildman–Crippen LogP) is 3.18. The monoisotopic (exact) mass is 404 g/mol. The van der Waals surface area contributed by atoms with Crippen LogP contribution in [0.3, 0.4) is 0 Å². The number of pyridine rings is 2. The zero-order chi connectivity index (χ0) is 20.5. The van der Waals surface area contributed by atoms with E-state index >= 15 is 0 Å². The fourth-order valence-electron chi connectivity index (χ4n) is 4.43. The Morgan fingerprint density at radius 3 is 2.66 bits per heavy atom. The van der Waals surface area contributed by atoms with E-state index in [2.05, 4.69) is 38.7 Å². The highest BCUT2D eigenvalue weighted by atomic mass is 19.3. The average molecular weight is 404 g/mol. The van der Waals surface area contributed by atoms with Crippen LogP contribution in [0.2, 0.25) is 0 Å². The van der Waals surface area contributed by atoms with Crippen molar-refractivity contribution < 1.29 is 18.3 Å². The highest BCUT2D eigenvalue weighted by Gasteiger charge is 2.55. The maximum atomic E-state index is 12.6. The lowest BCUT2D eigenvalue weighted by Crippen LogP contribution is -2.27. The third-order valence-electron chi connectivity index (χ3n) is 5.92. The summed E-state index contributed by atoms with van der Waals surface area (Å²) < 4.78 is 35.0. The van der Waals surface area contributed by atoms with Crippen molar-refractivity contribution in [2.24, 2.45) is 11.8 Å². The number of hydrogen-bond acceptors (Lipinski definition) is 6. The topological polar surface area (TPSA) is 73.5 Å². The minimum absolute atomic E-state index is 0.0613. The summed E-state index contributed by atoms with van der Waals surface area (Å²) in [7, 11) is 1.73. The first kappa shape index (κ1) is 20.0. The van der Waals surface area contributed by atoms with Crippen LogP contribution in [-0.2, 0) is 11.2 Å². The highest BCUT2D eigenvalue weighted by molar-refractivity contribution is 5.65. The first-order valence-electron chi connectivity index (χ1n) is 9.93. The third kappa shape index (κ3) is 4.18. The lowest BCUT2D eigenvalue weighted by molar-refractivity contribution is -0.0494. The number of halogens is 2. The van der Waals surface area contributed by atoms with Gasteiger partial charge in [-0.25, -0.2) is 4.98 Å². The number of piperidine rings is 1. The molecule has 1 saturated carbocycles. The van der Waals surface area contributed by atoms with E-state index < -0.39 is 6.61 Å². The maximum Gasteiger partial charge on any atom is 0.387 e. The van der Waals surface area contributed by atoms with Crippen LogP contribution in [0.25, 0.3) is 11.3 Å². The van der Waals surface area contributed by atoms with E-state index in [0.717, 1.165) is 38.4 Å². The van der Waals surface area contributed by atoms with Gasteiger partial charge in [0.1, 0.15) is 0 Å². The van der Waals surface area contributed by atoms with Gasteiger partial charge in [-0.05, 0) is 47.9 Å². The lowest BCUT2D eigenvalue weighted by atomic mass is 10.0. The minimum Gasteiger partial charge on any atom is -0.431 e. The van der Waals surface area contributed by atoms with Crippen molar-refractivity contribution >= 4 is 5.82 Å². The zero-order valence-electron chi connectivity index (χ0n) is 16.6. The van der Waals surface area contributed by atoms with E-state index in [1.807, 2.05) is 0 Å². The maximum absolute atomic E-state index is 12.6. The number of hydrogen-bond donors (Lipinski definition) is 1. The highest BCUT2D eigenvalue weighted by Crippen LogP contribution is 2.58. The van der Waals surface area contributed by atoms with Gasteiger partial charge in [-0.3, -0.25) is 4.98 Å². The van der Waals surface area contributed by atoms with Crippen molar-refractivity contribution in [3.63, 3.8) is 0 Å². The number of aryl methyl sites for hydroxylation is 1. The van der Waals surface area contributed by atoms with Crippen molar-refractivity contribution in [1.29, 1.82) is 0 Å². The van der Waals surface area contributed by atoms with Crippen molar-refractivity contribution in [3.05, 3.63) is 35.7 Å². The van der Waals surface area contributed by atoms with E-state index in [-0.39, 0.29) is 11.6 Å². The van der Waals surface area contributed by atoms with E-state index in [1.165, 1.54) is 11.6 Å². The van der Waals surface area contributed by atoms with Crippen LogP contribution in [0.4, 0.5) is 14.6 Å². The normalized spacial score (nSPS) is 23.4. The molecule has 3 heterocycles. The first-order chi connectivity index (χ1) is 14.0. The average Bonchev–Trinajstić information content (AvgIpc) is 3.22. The fraction of sp³-hybridized carbons (Fsp3) is 0.524. The van der Waals surface area contributed by atoms with Crippen LogP contribution in [-0.4, -0.2) is 54.8 Å². The largest absolute Gasteiger partial charge is 0.431 e. The van der Waals surface area contributed by atoms with Gasteiger partial charge in [0.15, 0.2) is 11.6 Å². The molecule has 3 atom stereocenters. The van der Waals surface area contributed by atoms with E-state index in [1.54, 1.807) is 13.3 Å². The lowest BCUT2D eigenvalue weighted by Gasteiger charge is -2.19. The second-order valence-electron chi connectivity index (χ2n) is 7.72. The number of nitrogens with zero attached hydrogens (tertiary/aromatic N) is 3. The summed E-state index contributed by atoms with van der Waals surface area (Å²) in [6.07, 6.45) is 2.35. The van der Waals surface area contributed by atoms with Crippen molar-refractivity contribution in [2.45, 2.75) is 25.9 Å². The minimum atomic E-state index is -2.95. The molecule has 4 rings (SSSR count). The molecule has 1 aliphatic heterocycles. The van der Waals surface area contributed by atoms with Gasteiger partial charge in [0.2, 0.25) is 0 Å². The van der Waals surface area contributed by atoms with Crippen LogP contribution in [0.5, 0.6) is 5.75 Å². The molecule has 2 aromatic rings. The SMILES string of the molecule is CCc1cc([C@H]2[C@@H]3CN(CCOC)C[C@@H]32)cc(-c2cnc(N)c(OC(F)F)c2)n1. The van der Waals surface area contributed by atoms with Gasteiger partial charge < -0.3 is 20.1 Å². The molecule has 2 N–H and O–H groups in total. The van der Waals surface area contributed by atoms with Crippen LogP contribution in [0.15, 0.2) is 24.4 Å². The van der Waals surface area contributed by atoms with Crippen molar-refractivity contribution in [1.82, 2.24) is 14.9 Å². The molecule has 0 amide bonds. The Morgan fingerprint density at radius 2 is 2.00 bits per heavy atom. The Hall–Kier alpha value is -2.32. The molecular formula is C21H26F2N4O2. The molecule has 2 fully saturated rings. The third-order valence-corrected chi connectivity index (χ3v) is 5.92. The molecule has 2 aliphatic rings. The summed E-state index contributed by atoms with van der Waals surface area (Å²) in [5.74, 6) is 1.66. The molecule has 0 unspecified atom stereocenters. The summed E-state index contributed by atoms with van der Waals surface area (Å²) in [5.41, 5.74) is 9.25. The van der Waals surface area contributed by atoms with Crippen LogP contribution >= 0.6 is 0 Å². The van der Waals surface area contributed by atoms with Gasteiger partial charge in [0.25, 0.3) is 0 Å². The van der Waals surface area contributed by atoms with Gasteiger partial charge in [0, 0.05) is 44.2 Å². The van der Waals surface area contributed by atoms with Crippen LogP contribution < -0.4 is 10.5 Å². The molecule has 6 nitrogen and oxygen atoms in total. The first-order valence-corrected chi connectivity index (χ1v) is 9.93. The van der Waals surface area contributed by atoms with E-state index in [4.69, 9.17) is 10.5 Å². The molecule has 29 heavy (non-hydrogen) atoms. The molecule has 1 saturated heterocycles. The van der Waals surface area contributed by atoms with Gasteiger partial charge in [-0.1, -0.05) is 6.92 Å². The number of ether oxygens (including phenoxy) is 2. The standard InChI is InChI=1S/C21H26F2N4O2/c1-3-14-6-12(19-15-10-27(4-5-28-2)11-16(15)19)7-17(26-14)13-8-18(29-21(22)23)20(24)25-9-13/h6-9,15-16,19,21H,3-5,10-11H2,1-2H3,(H2,24,25)/t15-,16+,19+.